The predicted octanol–water partition coefficient (Wildman–Crippen LogP) is 4.39. The molecular weight excluding hydrogens is 283 g/mol. The van der Waals surface area contributed by atoms with Gasteiger partial charge < -0.3 is 0 Å². The van der Waals surface area contributed by atoms with E-state index in [9.17, 15) is 13.2 Å². The normalized spacial score (nSPS) is 11.7. The van der Waals surface area contributed by atoms with Crippen molar-refractivity contribution in [3.63, 3.8) is 0 Å². The van der Waals surface area contributed by atoms with Crippen LogP contribution in [-0.4, -0.2) is 0 Å². The van der Waals surface area contributed by atoms with Gasteiger partial charge in [-0.3, -0.25) is 0 Å². The van der Waals surface area contributed by atoms with Gasteiger partial charge in [0.05, 0.1) is 18.1 Å². The van der Waals surface area contributed by atoms with Gasteiger partial charge >= 0.3 is 6.18 Å². The summed E-state index contributed by atoms with van der Waals surface area (Å²) < 4.78 is 37.5. The summed E-state index contributed by atoms with van der Waals surface area (Å²) in [6, 6.07) is 5.81. The fourth-order valence-corrected chi connectivity index (χ4v) is 1.58. The molecule has 0 N–H and O–H groups in total. The Morgan fingerprint density at radius 3 is 2.62 bits per heavy atom. The van der Waals surface area contributed by atoms with E-state index in [2.05, 4.69) is 15.9 Å². The molecule has 1 aromatic carbocycles. The van der Waals surface area contributed by atoms with Gasteiger partial charge in [-0.15, -0.1) is 0 Å². The smallest absolute Gasteiger partial charge is 0.198 e. The monoisotopic (exact) mass is 289 g/mol. The van der Waals surface area contributed by atoms with E-state index in [1.165, 1.54) is 18.2 Å². The van der Waals surface area contributed by atoms with Crippen LogP contribution >= 0.6 is 15.9 Å². The van der Waals surface area contributed by atoms with Crippen LogP contribution in [0.4, 0.5) is 13.2 Å². The third kappa shape index (κ3) is 3.38. The molecule has 0 fully saturated rings. The van der Waals surface area contributed by atoms with Crippen molar-refractivity contribution in [1.29, 1.82) is 5.26 Å². The largest absolute Gasteiger partial charge is 0.417 e. The van der Waals surface area contributed by atoms with Crippen LogP contribution < -0.4 is 0 Å². The minimum absolute atomic E-state index is 0.0115. The molecule has 0 saturated carbocycles. The second-order valence-corrected chi connectivity index (χ2v) is 3.86. The molecule has 0 saturated heterocycles. The molecule has 0 spiro atoms. The lowest BCUT2D eigenvalue weighted by Gasteiger charge is -2.09. The summed E-state index contributed by atoms with van der Waals surface area (Å²) in [5.74, 6) is 0. The van der Waals surface area contributed by atoms with Crippen molar-refractivity contribution in [1.82, 2.24) is 0 Å². The molecule has 1 rings (SSSR count). The summed E-state index contributed by atoms with van der Waals surface area (Å²) in [7, 11) is 0. The molecule has 84 valence electrons. The number of hydrogen-bond donors (Lipinski definition) is 0. The third-order valence-corrected chi connectivity index (χ3v) is 2.51. The number of rotatable bonds is 2. The van der Waals surface area contributed by atoms with E-state index in [0.717, 1.165) is 6.07 Å². The number of alkyl halides is 3. The molecule has 1 aromatic rings. The minimum atomic E-state index is -4.38. The first kappa shape index (κ1) is 12.8. The molecule has 0 aliphatic heterocycles. The number of halogens is 4. The molecule has 0 amide bonds. The highest BCUT2D eigenvalue weighted by atomic mass is 79.9. The molecule has 1 nitrogen and oxygen atoms in total. The Bertz CT molecular complexity index is 444. The third-order valence-electron chi connectivity index (χ3n) is 1.82. The topological polar surface area (TPSA) is 23.8 Å². The summed E-state index contributed by atoms with van der Waals surface area (Å²) in [5.41, 5.74) is -0.294. The van der Waals surface area contributed by atoms with Gasteiger partial charge in [0.25, 0.3) is 0 Å². The van der Waals surface area contributed by atoms with Crippen LogP contribution in [0.5, 0.6) is 0 Å². The van der Waals surface area contributed by atoms with Gasteiger partial charge in [-0.25, -0.2) is 0 Å². The zero-order valence-corrected chi connectivity index (χ0v) is 9.64. The summed E-state index contributed by atoms with van der Waals surface area (Å²) in [4.78, 5) is 0. The van der Waals surface area contributed by atoms with Crippen LogP contribution in [0.1, 0.15) is 17.5 Å². The van der Waals surface area contributed by atoms with E-state index >= 15 is 0 Å². The quantitative estimate of drug-likeness (QED) is 0.792. The van der Waals surface area contributed by atoms with Crippen LogP contribution in [0.3, 0.4) is 0 Å². The van der Waals surface area contributed by atoms with Crippen molar-refractivity contribution in [2.24, 2.45) is 0 Å². The molecule has 5 heteroatoms. The van der Waals surface area contributed by atoms with Crippen LogP contribution in [0.2, 0.25) is 0 Å². The van der Waals surface area contributed by atoms with Crippen LogP contribution in [0, 0.1) is 11.3 Å². The Kier molecular flexibility index (Phi) is 4.13. The van der Waals surface area contributed by atoms with Gasteiger partial charge in [0.2, 0.25) is 0 Å². The first-order valence-electron chi connectivity index (χ1n) is 4.35. The van der Waals surface area contributed by atoms with E-state index in [0.29, 0.717) is 5.56 Å². The zero-order valence-electron chi connectivity index (χ0n) is 8.05. The van der Waals surface area contributed by atoms with E-state index < -0.39 is 11.7 Å². The predicted molar refractivity (Wildman–Crippen MR) is 58.4 cm³/mol. The molecule has 0 aliphatic rings. The van der Waals surface area contributed by atoms with Gasteiger partial charge in [0.15, 0.2) is 0 Å². The highest BCUT2D eigenvalue weighted by molar-refractivity contribution is 9.10. The van der Waals surface area contributed by atoms with E-state index in [1.807, 2.05) is 6.07 Å². The van der Waals surface area contributed by atoms with Crippen molar-refractivity contribution >= 4 is 22.0 Å². The Balaban J connectivity index is 3.04. The first-order valence-corrected chi connectivity index (χ1v) is 5.14. The lowest BCUT2D eigenvalue weighted by atomic mass is 10.1. The molecule has 0 unspecified atom stereocenters. The zero-order chi connectivity index (χ0) is 12.2. The number of benzene rings is 1. The second-order valence-electron chi connectivity index (χ2n) is 3.00. The lowest BCUT2D eigenvalue weighted by Crippen LogP contribution is -2.06. The molecule has 0 radical (unpaired) electrons. The van der Waals surface area contributed by atoms with Gasteiger partial charge in [0.1, 0.15) is 0 Å². The van der Waals surface area contributed by atoms with Gasteiger partial charge in [-0.1, -0.05) is 34.1 Å². The summed E-state index contributed by atoms with van der Waals surface area (Å²) in [6.45, 7) is 0. The molecule has 0 bridgehead atoms. The highest BCUT2D eigenvalue weighted by Gasteiger charge is 2.32. The maximum Gasteiger partial charge on any atom is 0.417 e. The number of nitrogens with zero attached hydrogens (tertiary/aromatic N) is 1. The van der Waals surface area contributed by atoms with Crippen LogP contribution in [0.25, 0.3) is 6.08 Å². The molecule has 0 heterocycles. The van der Waals surface area contributed by atoms with Crippen molar-refractivity contribution in [3.05, 3.63) is 39.9 Å². The molecule has 0 atom stereocenters. The van der Waals surface area contributed by atoms with Crippen LogP contribution in [0.15, 0.2) is 28.7 Å². The molecule has 0 aromatic heterocycles. The maximum atomic E-state index is 12.5. The summed E-state index contributed by atoms with van der Waals surface area (Å²) >= 11 is 2.85. The highest BCUT2D eigenvalue weighted by Crippen LogP contribution is 2.35. The lowest BCUT2D eigenvalue weighted by molar-refractivity contribution is -0.138. The Morgan fingerprint density at radius 2 is 2.06 bits per heavy atom. The molecular formula is C11H7BrF3N. The van der Waals surface area contributed by atoms with E-state index in [-0.39, 0.29) is 10.9 Å². The second kappa shape index (κ2) is 5.17. The maximum absolute atomic E-state index is 12.5. The molecule has 16 heavy (non-hydrogen) atoms. The van der Waals surface area contributed by atoms with Crippen molar-refractivity contribution in [2.75, 3.05) is 0 Å². The van der Waals surface area contributed by atoms with E-state index in [4.69, 9.17) is 5.26 Å². The minimum Gasteiger partial charge on any atom is -0.198 e. The Labute approximate surface area is 99.3 Å². The van der Waals surface area contributed by atoms with Crippen molar-refractivity contribution < 1.29 is 13.2 Å². The summed E-state index contributed by atoms with van der Waals surface area (Å²) in [5, 5.41) is 8.28. The Morgan fingerprint density at radius 1 is 1.38 bits per heavy atom. The van der Waals surface area contributed by atoms with Gasteiger partial charge in [-0.2, -0.15) is 18.4 Å². The van der Waals surface area contributed by atoms with E-state index in [1.54, 1.807) is 6.07 Å². The average molecular weight is 290 g/mol. The Hall–Kier alpha value is -1.28. The first-order chi connectivity index (χ1) is 7.45. The number of hydrogen-bond acceptors (Lipinski definition) is 1. The fraction of sp³-hybridized carbons (Fsp3) is 0.182. The van der Waals surface area contributed by atoms with Crippen molar-refractivity contribution in [2.45, 2.75) is 12.6 Å². The average Bonchev–Trinajstić information content (AvgIpc) is 2.19. The number of allylic oxidation sites excluding steroid dienone is 1. The fourth-order valence-electron chi connectivity index (χ4n) is 1.11. The standard InChI is InChI=1S/C11H7BrF3N/c12-10-5-4-8(3-1-2-6-16)7-9(10)11(13,14)15/h1,3-5,7H,2H2/b3-1+. The van der Waals surface area contributed by atoms with Crippen molar-refractivity contribution in [3.8, 4) is 6.07 Å². The van der Waals surface area contributed by atoms with Crippen LogP contribution in [-0.2, 0) is 6.18 Å². The molecule has 0 aliphatic carbocycles. The summed E-state index contributed by atoms with van der Waals surface area (Å²) in [6.07, 6.45) is -1.19. The SMILES string of the molecule is N#CC/C=C/c1ccc(Br)c(C(F)(F)F)c1. The van der Waals surface area contributed by atoms with Gasteiger partial charge in [-0.05, 0) is 17.7 Å². The number of nitriles is 1. The van der Waals surface area contributed by atoms with Gasteiger partial charge in [0, 0.05) is 4.47 Å².